The molecule has 0 fully saturated rings. The van der Waals surface area contributed by atoms with E-state index in [9.17, 15) is 5.11 Å². The molecule has 1 atom stereocenters. The van der Waals surface area contributed by atoms with Crippen LogP contribution in [0.5, 0.6) is 5.75 Å². The zero-order chi connectivity index (χ0) is 15.2. The number of aryl methyl sites for hydroxylation is 1. The summed E-state index contributed by atoms with van der Waals surface area (Å²) in [5, 5.41) is 13.2. The van der Waals surface area contributed by atoms with E-state index in [0.717, 1.165) is 25.9 Å². The van der Waals surface area contributed by atoms with E-state index in [4.69, 9.17) is 4.74 Å². The molecule has 0 saturated carbocycles. The summed E-state index contributed by atoms with van der Waals surface area (Å²) >= 11 is 6.88. The second kappa shape index (κ2) is 7.82. The van der Waals surface area contributed by atoms with Gasteiger partial charge in [0.25, 0.3) is 0 Å². The molecule has 0 radical (unpaired) electrons. The molecule has 0 heterocycles. The molecule has 21 heavy (non-hydrogen) atoms. The molecule has 0 amide bonds. The summed E-state index contributed by atoms with van der Waals surface area (Å²) in [5.41, 5.74) is 2.08. The molecule has 0 spiro atoms. The first kappa shape index (κ1) is 16.3. The summed E-state index contributed by atoms with van der Waals surface area (Å²) < 4.78 is 7.53. The van der Waals surface area contributed by atoms with Crippen molar-refractivity contribution in [3.05, 3.63) is 57.0 Å². The minimum atomic E-state index is -0.582. The number of aliphatic hydroxyl groups excluding tert-OH is 1. The lowest BCUT2D eigenvalue weighted by Gasteiger charge is -2.15. The number of hydrogen-bond acceptors (Lipinski definition) is 3. The summed E-state index contributed by atoms with van der Waals surface area (Å²) in [7, 11) is 0. The predicted octanol–water partition coefficient (Wildman–Crippen LogP) is 4.37. The molecule has 0 bridgehead atoms. The lowest BCUT2D eigenvalue weighted by atomic mass is 10.2. The number of nitrogens with one attached hydrogen (secondary N) is 1. The highest BCUT2D eigenvalue weighted by molar-refractivity contribution is 9.11. The van der Waals surface area contributed by atoms with E-state index >= 15 is 0 Å². The monoisotopic (exact) mass is 413 g/mol. The van der Waals surface area contributed by atoms with Gasteiger partial charge in [-0.15, -0.1) is 0 Å². The van der Waals surface area contributed by atoms with Crippen LogP contribution in [-0.4, -0.2) is 24.4 Å². The highest BCUT2D eigenvalue weighted by atomic mass is 79.9. The molecule has 2 aromatic carbocycles. The highest BCUT2D eigenvalue weighted by Crippen LogP contribution is 2.26. The van der Waals surface area contributed by atoms with Crippen LogP contribution in [0.25, 0.3) is 0 Å². The summed E-state index contributed by atoms with van der Waals surface area (Å²) in [6.45, 7) is 2.69. The fourth-order valence-corrected chi connectivity index (χ4v) is 3.00. The van der Waals surface area contributed by atoms with Crippen molar-refractivity contribution < 1.29 is 9.84 Å². The van der Waals surface area contributed by atoms with Gasteiger partial charge in [0.15, 0.2) is 0 Å². The zero-order valence-electron chi connectivity index (χ0n) is 11.6. The van der Waals surface area contributed by atoms with Crippen molar-refractivity contribution in [1.29, 1.82) is 0 Å². The number of rotatable bonds is 6. The van der Waals surface area contributed by atoms with E-state index in [1.807, 2.05) is 49.4 Å². The Bertz CT molecular complexity index is 605. The van der Waals surface area contributed by atoms with Gasteiger partial charge in [0.05, 0.1) is 0 Å². The maximum absolute atomic E-state index is 9.97. The molecule has 0 aliphatic heterocycles. The van der Waals surface area contributed by atoms with Gasteiger partial charge >= 0.3 is 0 Å². The molecule has 2 N–H and O–H groups in total. The van der Waals surface area contributed by atoms with Gasteiger partial charge in [-0.1, -0.05) is 28.1 Å². The van der Waals surface area contributed by atoms with Gasteiger partial charge in [0, 0.05) is 21.2 Å². The van der Waals surface area contributed by atoms with E-state index in [1.54, 1.807) is 0 Å². The van der Waals surface area contributed by atoms with E-state index in [-0.39, 0.29) is 6.61 Å². The Morgan fingerprint density at radius 1 is 1.19 bits per heavy atom. The van der Waals surface area contributed by atoms with Crippen LogP contribution < -0.4 is 10.1 Å². The van der Waals surface area contributed by atoms with Crippen molar-refractivity contribution >= 4 is 37.5 Å². The van der Waals surface area contributed by atoms with Crippen molar-refractivity contribution in [3.8, 4) is 5.75 Å². The Hall–Kier alpha value is -1.04. The lowest BCUT2D eigenvalue weighted by molar-refractivity contribution is 0.117. The minimum absolute atomic E-state index is 0.255. The molecule has 0 aliphatic carbocycles. The van der Waals surface area contributed by atoms with Crippen LogP contribution in [-0.2, 0) is 0 Å². The van der Waals surface area contributed by atoms with E-state index in [1.165, 1.54) is 0 Å². The van der Waals surface area contributed by atoms with Crippen molar-refractivity contribution in [2.75, 3.05) is 18.5 Å². The Morgan fingerprint density at radius 3 is 2.71 bits per heavy atom. The van der Waals surface area contributed by atoms with Crippen LogP contribution in [0.2, 0.25) is 0 Å². The second-order valence-corrected chi connectivity index (χ2v) is 6.56. The number of benzene rings is 2. The van der Waals surface area contributed by atoms with Crippen LogP contribution in [0.3, 0.4) is 0 Å². The van der Waals surface area contributed by atoms with E-state index in [0.29, 0.717) is 6.54 Å². The normalized spacial score (nSPS) is 12.0. The fraction of sp³-hybridized carbons (Fsp3) is 0.250. The van der Waals surface area contributed by atoms with Crippen molar-refractivity contribution in [2.45, 2.75) is 13.0 Å². The smallest absolute Gasteiger partial charge is 0.119 e. The van der Waals surface area contributed by atoms with Crippen LogP contribution in [0.4, 0.5) is 5.69 Å². The molecule has 0 aromatic heterocycles. The average molecular weight is 415 g/mol. The molecular formula is C16H17Br2NO2. The minimum Gasteiger partial charge on any atom is -0.491 e. The number of anilines is 1. The summed E-state index contributed by atoms with van der Waals surface area (Å²) in [5.74, 6) is 0.777. The van der Waals surface area contributed by atoms with Crippen molar-refractivity contribution in [1.82, 2.24) is 0 Å². The summed E-state index contributed by atoms with van der Waals surface area (Å²) in [4.78, 5) is 0. The Morgan fingerprint density at radius 2 is 2.00 bits per heavy atom. The van der Waals surface area contributed by atoms with Gasteiger partial charge in [0.2, 0.25) is 0 Å². The molecule has 1 unspecified atom stereocenters. The van der Waals surface area contributed by atoms with Gasteiger partial charge in [-0.25, -0.2) is 0 Å². The van der Waals surface area contributed by atoms with Gasteiger partial charge in [0.1, 0.15) is 18.5 Å². The molecule has 3 nitrogen and oxygen atoms in total. The Balaban J connectivity index is 1.80. The maximum Gasteiger partial charge on any atom is 0.119 e. The van der Waals surface area contributed by atoms with Crippen molar-refractivity contribution in [3.63, 3.8) is 0 Å². The molecule has 2 rings (SSSR count). The highest BCUT2D eigenvalue weighted by Gasteiger charge is 2.07. The zero-order valence-corrected chi connectivity index (χ0v) is 14.8. The third-order valence-electron chi connectivity index (χ3n) is 2.89. The Labute approximate surface area is 141 Å². The average Bonchev–Trinajstić information content (AvgIpc) is 2.44. The van der Waals surface area contributed by atoms with E-state index in [2.05, 4.69) is 37.2 Å². The second-order valence-electron chi connectivity index (χ2n) is 4.79. The van der Waals surface area contributed by atoms with Crippen LogP contribution >= 0.6 is 31.9 Å². The third kappa shape index (κ3) is 5.34. The third-order valence-corrected chi connectivity index (χ3v) is 4.04. The number of aliphatic hydroxyl groups is 1. The van der Waals surface area contributed by atoms with Crippen molar-refractivity contribution in [2.24, 2.45) is 0 Å². The quantitative estimate of drug-likeness (QED) is 0.737. The number of hydrogen-bond donors (Lipinski definition) is 2. The lowest BCUT2D eigenvalue weighted by Crippen LogP contribution is -2.26. The first-order valence-corrected chi connectivity index (χ1v) is 8.19. The maximum atomic E-state index is 9.97. The fourth-order valence-electron chi connectivity index (χ4n) is 1.82. The molecule has 5 heteroatoms. The van der Waals surface area contributed by atoms with Crippen LogP contribution in [0.1, 0.15) is 5.56 Å². The van der Waals surface area contributed by atoms with Gasteiger partial charge in [-0.3, -0.25) is 0 Å². The topological polar surface area (TPSA) is 41.5 Å². The first-order valence-electron chi connectivity index (χ1n) is 6.61. The largest absolute Gasteiger partial charge is 0.491 e. The van der Waals surface area contributed by atoms with Crippen LogP contribution in [0, 0.1) is 6.92 Å². The molecular weight excluding hydrogens is 398 g/mol. The number of ether oxygens (including phenoxy) is 1. The van der Waals surface area contributed by atoms with Crippen LogP contribution in [0.15, 0.2) is 51.4 Å². The van der Waals surface area contributed by atoms with Gasteiger partial charge in [-0.05, 0) is 58.7 Å². The van der Waals surface area contributed by atoms with Gasteiger partial charge in [-0.2, -0.15) is 0 Å². The first-order chi connectivity index (χ1) is 10.0. The molecule has 2 aromatic rings. The molecule has 0 saturated heterocycles. The number of halogens is 2. The standard InChI is InChI=1S/C16H17Br2NO2/c1-11-3-2-4-14(7-11)21-10-13(20)9-19-16-6-5-12(17)8-15(16)18/h2-8,13,19-20H,9-10H2,1H3. The predicted molar refractivity (Wildman–Crippen MR) is 93.0 cm³/mol. The van der Waals surface area contributed by atoms with Gasteiger partial charge < -0.3 is 15.2 Å². The Kier molecular flexibility index (Phi) is 6.08. The summed E-state index contributed by atoms with van der Waals surface area (Å²) in [6.07, 6.45) is -0.582. The SMILES string of the molecule is Cc1cccc(OCC(O)CNc2ccc(Br)cc2Br)c1. The van der Waals surface area contributed by atoms with E-state index < -0.39 is 6.10 Å². The molecule has 112 valence electrons. The summed E-state index contributed by atoms with van der Waals surface area (Å²) in [6, 6.07) is 13.6. The molecule has 0 aliphatic rings.